The van der Waals surface area contributed by atoms with E-state index in [9.17, 15) is 4.39 Å². The van der Waals surface area contributed by atoms with Gasteiger partial charge in [0.1, 0.15) is 5.82 Å². The van der Waals surface area contributed by atoms with Crippen molar-refractivity contribution < 1.29 is 4.39 Å². The third-order valence-corrected chi connectivity index (χ3v) is 3.40. The summed E-state index contributed by atoms with van der Waals surface area (Å²) in [7, 11) is 0. The second-order valence-corrected chi connectivity index (χ2v) is 5.07. The zero-order chi connectivity index (χ0) is 15.1. The maximum absolute atomic E-state index is 13.9. The molecule has 0 radical (unpaired) electrons. The van der Waals surface area contributed by atoms with Crippen LogP contribution in [0.25, 0.3) is 0 Å². The normalized spacial score (nSPS) is 12.0. The minimum Gasteiger partial charge on any atom is -0.360 e. The van der Waals surface area contributed by atoms with Crippen LogP contribution < -0.4 is 10.2 Å². The molecule has 0 spiro atoms. The summed E-state index contributed by atoms with van der Waals surface area (Å²) in [6.45, 7) is 10.3. The van der Waals surface area contributed by atoms with Gasteiger partial charge in [0.2, 0.25) is 0 Å². The van der Waals surface area contributed by atoms with Crippen LogP contribution in [-0.2, 0) is 0 Å². The lowest BCUT2D eigenvalue weighted by atomic mass is 10.0. The van der Waals surface area contributed by atoms with Crippen LogP contribution in [-0.4, -0.2) is 19.6 Å². The number of anilines is 1. The first kappa shape index (κ1) is 16.5. The van der Waals surface area contributed by atoms with Gasteiger partial charge in [-0.05, 0) is 50.1 Å². The molecule has 20 heavy (non-hydrogen) atoms. The topological polar surface area (TPSA) is 15.3 Å². The van der Waals surface area contributed by atoms with Crippen LogP contribution in [0.4, 0.5) is 10.1 Å². The van der Waals surface area contributed by atoms with E-state index in [1.807, 2.05) is 13.0 Å². The molecule has 0 aliphatic rings. The maximum Gasteiger partial charge on any atom is 0.126 e. The molecule has 1 unspecified atom stereocenters. The summed E-state index contributed by atoms with van der Waals surface area (Å²) in [6, 6.07) is 3.64. The number of hydrogen-bond donors (Lipinski definition) is 1. The SMILES string of the molecule is C#CCN(CCC)c1cc(C)c(F)cc1C(C)NCC. The molecule has 2 nitrogen and oxygen atoms in total. The first-order valence-electron chi connectivity index (χ1n) is 7.26. The molecule has 0 saturated heterocycles. The van der Waals surface area contributed by atoms with Crippen LogP contribution >= 0.6 is 0 Å². The fourth-order valence-corrected chi connectivity index (χ4v) is 2.38. The Labute approximate surface area is 122 Å². The number of hydrogen-bond acceptors (Lipinski definition) is 2. The van der Waals surface area contributed by atoms with Crippen LogP contribution in [0.2, 0.25) is 0 Å². The van der Waals surface area contributed by atoms with Gasteiger partial charge in [0.15, 0.2) is 0 Å². The summed E-state index contributed by atoms with van der Waals surface area (Å²) in [4.78, 5) is 2.15. The van der Waals surface area contributed by atoms with E-state index in [0.29, 0.717) is 12.1 Å². The van der Waals surface area contributed by atoms with Gasteiger partial charge in [-0.15, -0.1) is 6.42 Å². The van der Waals surface area contributed by atoms with Crippen LogP contribution in [0.3, 0.4) is 0 Å². The molecular formula is C17H25FN2. The minimum atomic E-state index is -0.161. The monoisotopic (exact) mass is 276 g/mol. The Morgan fingerprint density at radius 3 is 2.65 bits per heavy atom. The second-order valence-electron chi connectivity index (χ2n) is 5.07. The van der Waals surface area contributed by atoms with Gasteiger partial charge >= 0.3 is 0 Å². The van der Waals surface area contributed by atoms with Crippen molar-refractivity contribution >= 4 is 5.69 Å². The Bertz CT molecular complexity index is 477. The van der Waals surface area contributed by atoms with Crippen LogP contribution in [0.1, 0.15) is 44.4 Å². The van der Waals surface area contributed by atoms with Gasteiger partial charge in [0.25, 0.3) is 0 Å². The quantitative estimate of drug-likeness (QED) is 0.765. The molecule has 1 aromatic rings. The van der Waals surface area contributed by atoms with Crippen molar-refractivity contribution in [1.82, 2.24) is 5.32 Å². The van der Waals surface area contributed by atoms with E-state index in [4.69, 9.17) is 6.42 Å². The zero-order valence-corrected chi connectivity index (χ0v) is 13.0. The molecule has 0 heterocycles. The molecule has 1 aromatic carbocycles. The molecule has 1 N–H and O–H groups in total. The Kier molecular flexibility index (Phi) is 6.54. The highest BCUT2D eigenvalue weighted by Crippen LogP contribution is 2.29. The van der Waals surface area contributed by atoms with Crippen molar-refractivity contribution in [2.24, 2.45) is 0 Å². The maximum atomic E-state index is 13.9. The van der Waals surface area contributed by atoms with E-state index < -0.39 is 0 Å². The Hall–Kier alpha value is -1.53. The fourth-order valence-electron chi connectivity index (χ4n) is 2.38. The van der Waals surface area contributed by atoms with Gasteiger partial charge in [-0.2, -0.15) is 0 Å². The van der Waals surface area contributed by atoms with Crippen molar-refractivity contribution in [3.05, 3.63) is 29.1 Å². The predicted octanol–water partition coefficient (Wildman–Crippen LogP) is 3.65. The van der Waals surface area contributed by atoms with Crippen LogP contribution in [0.5, 0.6) is 0 Å². The van der Waals surface area contributed by atoms with E-state index in [1.165, 1.54) is 0 Å². The Balaban J connectivity index is 3.26. The van der Waals surface area contributed by atoms with Gasteiger partial charge in [-0.25, -0.2) is 4.39 Å². The molecule has 0 fully saturated rings. The standard InChI is InChI=1S/C17H25FN2/c1-6-9-20(10-7-2)17-11-13(4)16(18)12-15(17)14(5)19-8-3/h1,11-12,14,19H,7-10H2,2-5H3. The smallest absolute Gasteiger partial charge is 0.126 e. The van der Waals surface area contributed by atoms with Crippen molar-refractivity contribution in [3.8, 4) is 12.3 Å². The van der Waals surface area contributed by atoms with E-state index >= 15 is 0 Å². The number of terminal acetylenes is 1. The van der Waals surface area contributed by atoms with Gasteiger partial charge in [-0.3, -0.25) is 0 Å². The number of benzene rings is 1. The Morgan fingerprint density at radius 2 is 2.10 bits per heavy atom. The summed E-state index contributed by atoms with van der Waals surface area (Å²) in [6.07, 6.45) is 6.48. The molecule has 1 rings (SSSR count). The zero-order valence-electron chi connectivity index (χ0n) is 13.0. The van der Waals surface area contributed by atoms with E-state index in [-0.39, 0.29) is 11.9 Å². The molecule has 0 saturated carbocycles. The van der Waals surface area contributed by atoms with Gasteiger partial charge in [0, 0.05) is 18.3 Å². The largest absolute Gasteiger partial charge is 0.360 e. The molecule has 0 aliphatic carbocycles. The lowest BCUT2D eigenvalue weighted by Crippen LogP contribution is -2.28. The summed E-state index contributed by atoms with van der Waals surface area (Å²) >= 11 is 0. The molecule has 0 aromatic heterocycles. The summed E-state index contributed by atoms with van der Waals surface area (Å²) in [5.74, 6) is 2.53. The van der Waals surface area contributed by atoms with Crippen molar-refractivity contribution in [1.29, 1.82) is 0 Å². The number of rotatable bonds is 7. The molecule has 1 atom stereocenters. The lowest BCUT2D eigenvalue weighted by molar-refractivity contribution is 0.578. The van der Waals surface area contributed by atoms with E-state index in [1.54, 1.807) is 13.0 Å². The highest BCUT2D eigenvalue weighted by molar-refractivity contribution is 5.57. The van der Waals surface area contributed by atoms with Crippen molar-refractivity contribution in [2.45, 2.75) is 40.2 Å². The molecule has 0 aliphatic heterocycles. The second kappa shape index (κ2) is 7.91. The summed E-state index contributed by atoms with van der Waals surface area (Å²) < 4.78 is 13.9. The third-order valence-electron chi connectivity index (χ3n) is 3.40. The number of aryl methyl sites for hydroxylation is 1. The fraction of sp³-hybridized carbons (Fsp3) is 0.529. The lowest BCUT2D eigenvalue weighted by Gasteiger charge is -2.28. The summed E-state index contributed by atoms with van der Waals surface area (Å²) in [5, 5.41) is 3.34. The third kappa shape index (κ3) is 3.98. The van der Waals surface area contributed by atoms with Crippen LogP contribution in [0.15, 0.2) is 12.1 Å². The molecule has 3 heteroatoms. The molecule has 0 bridgehead atoms. The first-order valence-corrected chi connectivity index (χ1v) is 7.26. The van der Waals surface area contributed by atoms with E-state index in [2.05, 4.69) is 30.0 Å². The highest BCUT2D eigenvalue weighted by atomic mass is 19.1. The molecule has 110 valence electrons. The number of halogens is 1. The number of nitrogens with zero attached hydrogens (tertiary/aromatic N) is 1. The summed E-state index contributed by atoms with van der Waals surface area (Å²) in [5.41, 5.74) is 2.67. The van der Waals surface area contributed by atoms with Crippen molar-refractivity contribution in [2.75, 3.05) is 24.5 Å². The van der Waals surface area contributed by atoms with Gasteiger partial charge in [-0.1, -0.05) is 19.8 Å². The van der Waals surface area contributed by atoms with Gasteiger partial charge in [0.05, 0.1) is 6.54 Å². The average Bonchev–Trinajstić information content (AvgIpc) is 2.41. The number of nitrogens with one attached hydrogen (secondary N) is 1. The first-order chi connectivity index (χ1) is 9.54. The van der Waals surface area contributed by atoms with Crippen molar-refractivity contribution in [3.63, 3.8) is 0 Å². The minimum absolute atomic E-state index is 0.0993. The Morgan fingerprint density at radius 1 is 1.40 bits per heavy atom. The average molecular weight is 276 g/mol. The molecular weight excluding hydrogens is 251 g/mol. The van der Waals surface area contributed by atoms with Gasteiger partial charge < -0.3 is 10.2 Å². The predicted molar refractivity (Wildman–Crippen MR) is 84.6 cm³/mol. The molecule has 0 amide bonds. The highest BCUT2D eigenvalue weighted by Gasteiger charge is 2.17. The van der Waals surface area contributed by atoms with E-state index in [0.717, 1.165) is 30.8 Å². The van der Waals surface area contributed by atoms with Crippen LogP contribution in [0, 0.1) is 25.1 Å².